The maximum absolute atomic E-state index is 13.3. The smallest absolute Gasteiger partial charge is 0.158 e. The maximum atomic E-state index is 13.3. The molecule has 2 aliphatic heterocycles. The normalized spacial score (nSPS) is 28.2. The molecule has 2 fully saturated rings. The van der Waals surface area contributed by atoms with Gasteiger partial charge in [0.15, 0.2) is 6.29 Å². The summed E-state index contributed by atoms with van der Waals surface area (Å²) in [6.45, 7) is 12.0. The minimum atomic E-state index is -0.300. The molecule has 5 nitrogen and oxygen atoms in total. The lowest BCUT2D eigenvalue weighted by atomic mass is 9.72. The zero-order valence-electron chi connectivity index (χ0n) is 17.6. The number of hydrogen-bond donors (Lipinski definition) is 0. The molecule has 0 spiro atoms. The minimum Gasteiger partial charge on any atom is -0.375 e. The van der Waals surface area contributed by atoms with Crippen molar-refractivity contribution in [2.24, 2.45) is 0 Å². The molecule has 2 saturated heterocycles. The highest BCUT2D eigenvalue weighted by atomic mass is 16.7. The van der Waals surface area contributed by atoms with Crippen LogP contribution in [0.15, 0.2) is 0 Å². The van der Waals surface area contributed by atoms with E-state index in [1.54, 1.807) is 0 Å². The lowest BCUT2D eigenvalue weighted by Gasteiger charge is -2.55. The second-order valence-corrected chi connectivity index (χ2v) is 8.26. The van der Waals surface area contributed by atoms with Gasteiger partial charge in [-0.2, -0.15) is 0 Å². The lowest BCUT2D eigenvalue weighted by Crippen LogP contribution is -2.64. The van der Waals surface area contributed by atoms with E-state index in [0.29, 0.717) is 6.61 Å². The summed E-state index contributed by atoms with van der Waals surface area (Å²) in [7, 11) is 0. The van der Waals surface area contributed by atoms with E-state index in [-0.39, 0.29) is 29.6 Å². The van der Waals surface area contributed by atoms with Gasteiger partial charge in [0.2, 0.25) is 0 Å². The fourth-order valence-corrected chi connectivity index (χ4v) is 4.75. The molecule has 0 bridgehead atoms. The molecule has 2 heterocycles. The van der Waals surface area contributed by atoms with Crippen LogP contribution in [0, 0.1) is 0 Å². The van der Waals surface area contributed by atoms with E-state index in [4.69, 9.17) is 14.2 Å². The van der Waals surface area contributed by atoms with Crippen LogP contribution in [0.2, 0.25) is 0 Å². The monoisotopic (exact) mass is 370 g/mol. The van der Waals surface area contributed by atoms with Crippen molar-refractivity contribution in [2.75, 3.05) is 13.2 Å². The van der Waals surface area contributed by atoms with E-state index < -0.39 is 0 Å². The van der Waals surface area contributed by atoms with Crippen molar-refractivity contribution in [3.63, 3.8) is 0 Å². The van der Waals surface area contributed by atoms with Gasteiger partial charge in [0, 0.05) is 6.61 Å². The van der Waals surface area contributed by atoms with Gasteiger partial charge in [-0.15, -0.1) is 10.3 Å². The summed E-state index contributed by atoms with van der Waals surface area (Å²) < 4.78 is 18.0. The molecule has 153 valence electrons. The van der Waals surface area contributed by atoms with Crippen molar-refractivity contribution in [1.29, 1.82) is 0 Å². The number of piperidine rings is 1. The average Bonchev–Trinajstić information content (AvgIpc) is 2.68. The van der Waals surface area contributed by atoms with Crippen molar-refractivity contribution in [2.45, 2.75) is 122 Å². The molecule has 1 radical (unpaired) electrons. The van der Waals surface area contributed by atoms with Crippen LogP contribution in [0.3, 0.4) is 0 Å². The summed E-state index contributed by atoms with van der Waals surface area (Å²) in [6, 6.07) is 0. The highest BCUT2D eigenvalue weighted by Gasteiger charge is 2.52. The molecule has 2 atom stereocenters. The quantitative estimate of drug-likeness (QED) is 0.581. The molecule has 2 rings (SSSR count). The summed E-state index contributed by atoms with van der Waals surface area (Å²) in [5, 5.41) is 14.7. The summed E-state index contributed by atoms with van der Waals surface area (Å²) in [5.41, 5.74) is -0.600. The van der Waals surface area contributed by atoms with Gasteiger partial charge >= 0.3 is 0 Å². The van der Waals surface area contributed by atoms with Crippen molar-refractivity contribution < 1.29 is 19.4 Å². The van der Waals surface area contributed by atoms with Crippen LogP contribution >= 0.6 is 0 Å². The Bertz CT molecular complexity index is 381. The summed E-state index contributed by atoms with van der Waals surface area (Å²) >= 11 is 0. The Morgan fingerprint density at radius 1 is 1.04 bits per heavy atom. The Morgan fingerprint density at radius 2 is 1.62 bits per heavy atom. The van der Waals surface area contributed by atoms with E-state index in [0.717, 1.165) is 58.0 Å². The highest BCUT2D eigenvalue weighted by Crippen LogP contribution is 2.45. The summed E-state index contributed by atoms with van der Waals surface area (Å²) in [4.78, 5) is 0. The van der Waals surface area contributed by atoms with Gasteiger partial charge < -0.3 is 14.2 Å². The van der Waals surface area contributed by atoms with E-state index in [9.17, 15) is 5.21 Å². The molecular formula is C21H40NO4. The zero-order chi connectivity index (χ0) is 19.2. The molecular weight excluding hydrogens is 330 g/mol. The average molecular weight is 371 g/mol. The Kier molecular flexibility index (Phi) is 8.35. The minimum absolute atomic E-state index is 0.0127. The Hall–Kier alpha value is -0.200. The van der Waals surface area contributed by atoms with Gasteiger partial charge in [-0.05, 0) is 64.7 Å². The maximum Gasteiger partial charge on any atom is 0.158 e. The molecule has 2 unspecified atom stereocenters. The molecule has 26 heavy (non-hydrogen) atoms. The first-order valence-electron chi connectivity index (χ1n) is 10.8. The van der Waals surface area contributed by atoms with Gasteiger partial charge in [0.25, 0.3) is 0 Å². The van der Waals surface area contributed by atoms with E-state index >= 15 is 0 Å². The molecule has 0 aromatic rings. The first-order chi connectivity index (χ1) is 12.4. The molecule has 5 heteroatoms. The first kappa shape index (κ1) is 22.1. The first-order valence-corrected chi connectivity index (χ1v) is 10.8. The van der Waals surface area contributed by atoms with E-state index in [2.05, 4.69) is 34.6 Å². The standard InChI is InChI=1S/C21H40NO4/c1-6-20(7-2)14-18(15-21(8-3,9-4)22(20)23)25-16-17(5)26-19-12-10-11-13-24-19/h17-19H,6-16H2,1-5H3. The third kappa shape index (κ3) is 4.79. The molecule has 0 aliphatic carbocycles. The number of ether oxygens (including phenoxy) is 3. The number of nitrogens with zero attached hydrogens (tertiary/aromatic N) is 1. The van der Waals surface area contributed by atoms with E-state index in [1.807, 2.05) is 0 Å². The van der Waals surface area contributed by atoms with Gasteiger partial charge in [-0.25, -0.2) is 0 Å². The third-order valence-electron chi connectivity index (χ3n) is 6.80. The van der Waals surface area contributed by atoms with Crippen LogP contribution in [0.5, 0.6) is 0 Å². The predicted octanol–water partition coefficient (Wildman–Crippen LogP) is 4.86. The SMILES string of the molecule is CCC1(CC)CC(OCC(C)OC2CCCCO2)CC(CC)(CC)N1[O]. The number of rotatable bonds is 9. The molecule has 0 aromatic heterocycles. The fourth-order valence-electron chi connectivity index (χ4n) is 4.75. The fraction of sp³-hybridized carbons (Fsp3) is 1.00. The highest BCUT2D eigenvalue weighted by molar-refractivity contribution is 5.03. The lowest BCUT2D eigenvalue weighted by molar-refractivity contribution is -0.323. The second-order valence-electron chi connectivity index (χ2n) is 8.26. The third-order valence-corrected chi connectivity index (χ3v) is 6.80. The second kappa shape index (κ2) is 9.83. The largest absolute Gasteiger partial charge is 0.375 e. The molecule has 0 amide bonds. The molecule has 0 N–H and O–H groups in total. The van der Waals surface area contributed by atoms with Gasteiger partial charge in [-0.3, -0.25) is 0 Å². The predicted molar refractivity (Wildman–Crippen MR) is 102 cm³/mol. The van der Waals surface area contributed by atoms with Crippen molar-refractivity contribution in [3.05, 3.63) is 0 Å². The van der Waals surface area contributed by atoms with Gasteiger partial charge in [0.05, 0.1) is 29.9 Å². The number of hydrogen-bond acceptors (Lipinski definition) is 4. The van der Waals surface area contributed by atoms with Crippen molar-refractivity contribution >= 4 is 0 Å². The Balaban J connectivity index is 1.96. The van der Waals surface area contributed by atoms with Crippen molar-refractivity contribution in [3.8, 4) is 0 Å². The van der Waals surface area contributed by atoms with Crippen LogP contribution < -0.4 is 0 Å². The molecule has 0 saturated carbocycles. The van der Waals surface area contributed by atoms with Crippen molar-refractivity contribution in [1.82, 2.24) is 5.06 Å². The molecule has 2 aliphatic rings. The van der Waals surface area contributed by atoms with Gasteiger partial charge in [-0.1, -0.05) is 27.7 Å². The van der Waals surface area contributed by atoms with Crippen LogP contribution in [0.4, 0.5) is 0 Å². The molecule has 0 aromatic carbocycles. The topological polar surface area (TPSA) is 50.8 Å². The Morgan fingerprint density at radius 3 is 2.08 bits per heavy atom. The zero-order valence-corrected chi connectivity index (χ0v) is 17.6. The van der Waals surface area contributed by atoms with Crippen LogP contribution in [0.1, 0.15) is 92.4 Å². The summed E-state index contributed by atoms with van der Waals surface area (Å²) in [6.07, 6.45) is 8.45. The van der Waals surface area contributed by atoms with Crippen LogP contribution in [0.25, 0.3) is 0 Å². The number of hydroxylamine groups is 2. The van der Waals surface area contributed by atoms with Gasteiger partial charge in [0.1, 0.15) is 0 Å². The Labute approximate surface area is 160 Å². The summed E-state index contributed by atoms with van der Waals surface area (Å²) in [5.74, 6) is 0. The van der Waals surface area contributed by atoms with Crippen LogP contribution in [-0.2, 0) is 19.4 Å². The van der Waals surface area contributed by atoms with E-state index in [1.165, 1.54) is 11.5 Å². The van der Waals surface area contributed by atoms with Crippen LogP contribution in [-0.4, -0.2) is 47.9 Å².